The molecular formula is C18H16Cl2N2O3. The number of rotatable bonds is 4. The summed E-state index contributed by atoms with van der Waals surface area (Å²) in [6.07, 6.45) is 5.03. The molecule has 1 N–H and O–H groups in total. The van der Waals surface area contributed by atoms with Crippen molar-refractivity contribution in [3.05, 3.63) is 46.0 Å². The Morgan fingerprint density at radius 3 is 2.16 bits per heavy atom. The molecule has 5 nitrogen and oxygen atoms in total. The Kier molecular flexibility index (Phi) is 4.08. The van der Waals surface area contributed by atoms with Gasteiger partial charge in [-0.15, -0.1) is 0 Å². The van der Waals surface area contributed by atoms with Crippen molar-refractivity contribution in [2.24, 2.45) is 23.7 Å². The maximum Gasteiger partial charge on any atom is 0.251 e. The molecule has 0 spiro atoms. The molecule has 0 aromatic heterocycles. The zero-order chi connectivity index (χ0) is 17.7. The smallest absolute Gasteiger partial charge is 0.251 e. The topological polar surface area (TPSA) is 66.5 Å². The molecule has 4 atom stereocenters. The minimum atomic E-state index is -0.342. The molecule has 2 bridgehead atoms. The number of benzene rings is 1. The van der Waals surface area contributed by atoms with Gasteiger partial charge in [-0.2, -0.15) is 0 Å². The average molecular weight is 379 g/mol. The summed E-state index contributed by atoms with van der Waals surface area (Å²) in [4.78, 5) is 38.6. The molecule has 1 aromatic carbocycles. The first kappa shape index (κ1) is 16.6. The zero-order valence-electron chi connectivity index (χ0n) is 13.2. The lowest BCUT2D eigenvalue weighted by atomic mass is 9.85. The summed E-state index contributed by atoms with van der Waals surface area (Å²) in [5.74, 6) is -0.571. The molecule has 4 unspecified atom stereocenters. The van der Waals surface area contributed by atoms with Crippen LogP contribution in [-0.2, 0) is 9.59 Å². The molecule has 2 fully saturated rings. The van der Waals surface area contributed by atoms with Gasteiger partial charge in [-0.05, 0) is 36.5 Å². The van der Waals surface area contributed by atoms with Crippen LogP contribution in [0, 0.1) is 23.7 Å². The molecule has 1 heterocycles. The second kappa shape index (κ2) is 6.15. The number of carbonyl (C=O) groups excluding carboxylic acids is 3. The molecule has 2 aliphatic carbocycles. The highest BCUT2D eigenvalue weighted by atomic mass is 35.5. The summed E-state index contributed by atoms with van der Waals surface area (Å²) in [6, 6.07) is 4.58. The van der Waals surface area contributed by atoms with Gasteiger partial charge < -0.3 is 5.32 Å². The third kappa shape index (κ3) is 2.75. The predicted octanol–water partition coefficient (Wildman–Crippen LogP) is 2.53. The minimum Gasteiger partial charge on any atom is -0.350 e. The lowest BCUT2D eigenvalue weighted by Crippen LogP contribution is -2.39. The highest BCUT2D eigenvalue weighted by Crippen LogP contribution is 2.52. The average Bonchev–Trinajstić information content (AvgIpc) is 3.23. The van der Waals surface area contributed by atoms with Gasteiger partial charge in [0.2, 0.25) is 11.8 Å². The van der Waals surface area contributed by atoms with Crippen LogP contribution in [0.3, 0.4) is 0 Å². The minimum absolute atomic E-state index is 0.105. The van der Waals surface area contributed by atoms with Gasteiger partial charge in [0.15, 0.2) is 0 Å². The summed E-state index contributed by atoms with van der Waals surface area (Å²) >= 11 is 11.8. The monoisotopic (exact) mass is 378 g/mol. The molecule has 3 amide bonds. The molecule has 130 valence electrons. The molecule has 1 saturated heterocycles. The van der Waals surface area contributed by atoms with Crippen LogP contribution in [0.15, 0.2) is 30.4 Å². The molecule has 3 aliphatic rings. The summed E-state index contributed by atoms with van der Waals surface area (Å²) in [6.45, 7) is 0.382. The summed E-state index contributed by atoms with van der Waals surface area (Å²) in [7, 11) is 0. The van der Waals surface area contributed by atoms with Crippen LogP contribution in [0.25, 0.3) is 0 Å². The van der Waals surface area contributed by atoms with E-state index in [0.717, 1.165) is 6.42 Å². The van der Waals surface area contributed by atoms with Crippen molar-refractivity contribution in [2.75, 3.05) is 13.1 Å². The van der Waals surface area contributed by atoms with Crippen LogP contribution < -0.4 is 5.32 Å². The Balaban J connectivity index is 1.37. The normalized spacial score (nSPS) is 29.4. The van der Waals surface area contributed by atoms with Gasteiger partial charge in [-0.1, -0.05) is 35.4 Å². The second-order valence-corrected chi connectivity index (χ2v) is 7.61. The number of imide groups is 1. The number of hydrogen-bond acceptors (Lipinski definition) is 3. The molecule has 25 heavy (non-hydrogen) atoms. The fraction of sp³-hybridized carbons (Fsp3) is 0.389. The van der Waals surface area contributed by atoms with Gasteiger partial charge in [0.25, 0.3) is 5.91 Å². The third-order valence-electron chi connectivity index (χ3n) is 5.31. The van der Waals surface area contributed by atoms with Crippen molar-refractivity contribution in [1.29, 1.82) is 0 Å². The number of nitrogens with one attached hydrogen (secondary N) is 1. The predicted molar refractivity (Wildman–Crippen MR) is 93.2 cm³/mol. The summed E-state index contributed by atoms with van der Waals surface area (Å²) < 4.78 is 0. The van der Waals surface area contributed by atoms with Crippen LogP contribution in [0.5, 0.6) is 0 Å². The first-order valence-electron chi connectivity index (χ1n) is 8.23. The van der Waals surface area contributed by atoms with Gasteiger partial charge >= 0.3 is 0 Å². The molecule has 1 aliphatic heterocycles. The number of nitrogens with zero attached hydrogens (tertiary/aromatic N) is 1. The molecule has 1 saturated carbocycles. The first-order valence-corrected chi connectivity index (χ1v) is 8.99. The third-order valence-corrected chi connectivity index (χ3v) is 5.74. The number of hydrogen-bond donors (Lipinski definition) is 1. The number of fused-ring (bicyclic) bond motifs is 5. The molecule has 7 heteroatoms. The van der Waals surface area contributed by atoms with Gasteiger partial charge in [-0.25, -0.2) is 0 Å². The highest BCUT2D eigenvalue weighted by Gasteiger charge is 2.58. The Bertz CT molecular complexity index is 757. The van der Waals surface area contributed by atoms with E-state index < -0.39 is 0 Å². The van der Waals surface area contributed by atoms with Crippen molar-refractivity contribution >= 4 is 40.9 Å². The SMILES string of the molecule is O=C(NCCN1C(=O)C2C3C=CC(C3)C2C1=O)c1cc(Cl)cc(Cl)c1. The fourth-order valence-electron chi connectivity index (χ4n) is 4.25. The van der Waals surface area contributed by atoms with Gasteiger partial charge in [-0.3, -0.25) is 19.3 Å². The second-order valence-electron chi connectivity index (χ2n) is 6.74. The number of likely N-dealkylation sites (tertiary alicyclic amines) is 1. The van der Waals surface area contributed by atoms with E-state index >= 15 is 0 Å². The quantitative estimate of drug-likeness (QED) is 0.646. The van der Waals surface area contributed by atoms with Gasteiger partial charge in [0.05, 0.1) is 11.8 Å². The molecular weight excluding hydrogens is 363 g/mol. The van der Waals surface area contributed by atoms with Crippen molar-refractivity contribution in [2.45, 2.75) is 6.42 Å². The number of halogens is 2. The summed E-state index contributed by atoms with van der Waals surface area (Å²) in [5, 5.41) is 3.45. The standard InChI is InChI=1S/C18H16Cl2N2O3/c19-12-6-11(7-13(20)8-12)16(23)21-3-4-22-17(24)14-9-1-2-10(5-9)15(14)18(22)25/h1-2,6-10,14-15H,3-5H2,(H,21,23). The van der Waals surface area contributed by atoms with E-state index in [1.54, 1.807) is 6.07 Å². The van der Waals surface area contributed by atoms with Crippen LogP contribution in [-0.4, -0.2) is 35.7 Å². The lowest BCUT2D eigenvalue weighted by Gasteiger charge is -2.17. The largest absolute Gasteiger partial charge is 0.350 e. The van der Waals surface area contributed by atoms with Crippen molar-refractivity contribution < 1.29 is 14.4 Å². The fourth-order valence-corrected chi connectivity index (χ4v) is 4.78. The van der Waals surface area contributed by atoms with E-state index in [1.165, 1.54) is 17.0 Å². The van der Waals surface area contributed by atoms with Crippen LogP contribution in [0.2, 0.25) is 10.0 Å². The Morgan fingerprint density at radius 1 is 1.04 bits per heavy atom. The maximum absolute atomic E-state index is 12.5. The Hall–Kier alpha value is -1.85. The Labute approximate surface area is 155 Å². The van der Waals surface area contributed by atoms with Gasteiger partial charge in [0.1, 0.15) is 0 Å². The van der Waals surface area contributed by atoms with Crippen LogP contribution >= 0.6 is 23.2 Å². The van der Waals surface area contributed by atoms with E-state index in [9.17, 15) is 14.4 Å². The molecule has 0 radical (unpaired) electrons. The van der Waals surface area contributed by atoms with E-state index in [1.807, 2.05) is 0 Å². The van der Waals surface area contributed by atoms with E-state index in [2.05, 4.69) is 17.5 Å². The van der Waals surface area contributed by atoms with E-state index in [-0.39, 0.29) is 54.5 Å². The lowest BCUT2D eigenvalue weighted by molar-refractivity contribution is -0.140. The highest BCUT2D eigenvalue weighted by molar-refractivity contribution is 6.35. The van der Waals surface area contributed by atoms with Crippen LogP contribution in [0.4, 0.5) is 0 Å². The maximum atomic E-state index is 12.5. The van der Waals surface area contributed by atoms with Crippen LogP contribution in [0.1, 0.15) is 16.8 Å². The van der Waals surface area contributed by atoms with E-state index in [4.69, 9.17) is 23.2 Å². The number of allylic oxidation sites excluding steroid dienone is 2. The number of amides is 3. The molecule has 1 aromatic rings. The zero-order valence-corrected chi connectivity index (χ0v) is 14.8. The first-order chi connectivity index (χ1) is 12.0. The van der Waals surface area contributed by atoms with E-state index in [0.29, 0.717) is 15.6 Å². The van der Waals surface area contributed by atoms with Crippen molar-refractivity contribution in [1.82, 2.24) is 10.2 Å². The van der Waals surface area contributed by atoms with Crippen molar-refractivity contribution in [3.63, 3.8) is 0 Å². The Morgan fingerprint density at radius 2 is 1.60 bits per heavy atom. The van der Waals surface area contributed by atoms with Crippen molar-refractivity contribution in [3.8, 4) is 0 Å². The molecule has 4 rings (SSSR count). The summed E-state index contributed by atoms with van der Waals surface area (Å²) in [5.41, 5.74) is 0.343. The van der Waals surface area contributed by atoms with Gasteiger partial charge in [0, 0.05) is 28.7 Å². The number of carbonyl (C=O) groups is 3.